The fourth-order valence-electron chi connectivity index (χ4n) is 1.99. The molecule has 0 aliphatic heterocycles. The number of Topliss-reactive ketones (excluding diaryl/α,β-unsaturated/α-hetero) is 1. The van der Waals surface area contributed by atoms with E-state index in [1.807, 2.05) is 62.4 Å². The lowest BCUT2D eigenvalue weighted by molar-refractivity contribution is -0.118. The number of carbonyl (C=O) groups is 2. The van der Waals surface area contributed by atoms with Crippen molar-refractivity contribution in [2.45, 2.75) is 20.8 Å². The Balaban J connectivity index is 2.23. The zero-order valence-electron chi connectivity index (χ0n) is 13.0. The van der Waals surface area contributed by atoms with Crippen LogP contribution < -0.4 is 5.32 Å². The largest absolute Gasteiger partial charge is 0.322 e. The second-order valence-electron chi connectivity index (χ2n) is 5.35. The zero-order valence-corrected chi connectivity index (χ0v) is 13.0. The molecular weight excluding hydrogens is 274 g/mol. The molecule has 0 aliphatic carbocycles. The summed E-state index contributed by atoms with van der Waals surface area (Å²) in [4.78, 5) is 24.1. The van der Waals surface area contributed by atoms with E-state index in [4.69, 9.17) is 0 Å². The molecule has 2 rings (SSSR count). The lowest BCUT2D eigenvalue weighted by atomic mass is 10.1. The van der Waals surface area contributed by atoms with Gasteiger partial charge in [0.15, 0.2) is 5.78 Å². The molecule has 2 aromatic carbocycles. The van der Waals surface area contributed by atoms with Gasteiger partial charge < -0.3 is 5.32 Å². The molecule has 0 unspecified atom stereocenters. The van der Waals surface area contributed by atoms with Gasteiger partial charge >= 0.3 is 0 Å². The predicted octanol–water partition coefficient (Wildman–Crippen LogP) is 3.91. The maximum absolute atomic E-state index is 12.3. The van der Waals surface area contributed by atoms with Gasteiger partial charge in [0.2, 0.25) is 0 Å². The molecule has 0 radical (unpaired) electrons. The third kappa shape index (κ3) is 4.16. The van der Waals surface area contributed by atoms with E-state index >= 15 is 0 Å². The van der Waals surface area contributed by atoms with E-state index in [2.05, 4.69) is 5.32 Å². The Morgan fingerprint density at radius 1 is 0.864 bits per heavy atom. The lowest BCUT2D eigenvalue weighted by Gasteiger charge is -2.07. The summed E-state index contributed by atoms with van der Waals surface area (Å²) in [5.41, 5.74) is 3.89. The number of rotatable bonds is 4. The first-order valence-electron chi connectivity index (χ1n) is 7.13. The first-order valence-corrected chi connectivity index (χ1v) is 7.13. The summed E-state index contributed by atoms with van der Waals surface area (Å²) in [6, 6.07) is 15.1. The Kier molecular flexibility index (Phi) is 4.89. The zero-order chi connectivity index (χ0) is 16.1. The highest BCUT2D eigenvalue weighted by Crippen LogP contribution is 2.14. The minimum atomic E-state index is -0.392. The molecule has 3 nitrogen and oxygen atoms in total. The van der Waals surface area contributed by atoms with Crippen molar-refractivity contribution in [1.82, 2.24) is 0 Å². The van der Waals surface area contributed by atoms with Gasteiger partial charge in [-0.3, -0.25) is 9.59 Å². The van der Waals surface area contributed by atoms with Gasteiger partial charge in [0, 0.05) is 5.69 Å². The Labute approximate surface area is 130 Å². The normalized spacial score (nSPS) is 11.1. The summed E-state index contributed by atoms with van der Waals surface area (Å²) < 4.78 is 0. The number of anilines is 1. The first-order chi connectivity index (χ1) is 10.5. The van der Waals surface area contributed by atoms with Gasteiger partial charge in [-0.1, -0.05) is 47.5 Å². The van der Waals surface area contributed by atoms with Crippen molar-refractivity contribution >= 4 is 23.5 Å². The van der Waals surface area contributed by atoms with Crippen LogP contribution in [0, 0.1) is 13.8 Å². The average Bonchev–Trinajstić information content (AvgIpc) is 2.48. The van der Waals surface area contributed by atoms with Crippen LogP contribution in [0.15, 0.2) is 54.1 Å². The molecule has 22 heavy (non-hydrogen) atoms. The molecule has 0 fully saturated rings. The topological polar surface area (TPSA) is 46.2 Å². The Morgan fingerprint density at radius 2 is 1.36 bits per heavy atom. The highest BCUT2D eigenvalue weighted by molar-refractivity contribution is 6.25. The van der Waals surface area contributed by atoms with Crippen molar-refractivity contribution in [3.8, 4) is 0 Å². The number of hydrogen-bond acceptors (Lipinski definition) is 2. The molecular formula is C19H19NO2. The smallest absolute Gasteiger partial charge is 0.259 e. The minimum absolute atomic E-state index is 0.143. The van der Waals surface area contributed by atoms with E-state index in [1.54, 1.807) is 6.08 Å². The summed E-state index contributed by atoms with van der Waals surface area (Å²) in [7, 11) is 0. The molecule has 1 amide bonds. The fourth-order valence-corrected chi connectivity index (χ4v) is 1.99. The van der Waals surface area contributed by atoms with Crippen LogP contribution in [0.5, 0.6) is 0 Å². The van der Waals surface area contributed by atoms with Crippen molar-refractivity contribution in [3.05, 3.63) is 70.8 Å². The minimum Gasteiger partial charge on any atom is -0.322 e. The summed E-state index contributed by atoms with van der Waals surface area (Å²) in [6.45, 7) is 5.36. The monoisotopic (exact) mass is 293 g/mol. The number of hydrogen-bond donors (Lipinski definition) is 1. The molecule has 3 heteroatoms. The van der Waals surface area contributed by atoms with Crippen molar-refractivity contribution in [1.29, 1.82) is 0 Å². The number of carbonyl (C=O) groups excluding carboxylic acids is 2. The maximum atomic E-state index is 12.3. The van der Waals surface area contributed by atoms with Gasteiger partial charge in [0.25, 0.3) is 5.91 Å². The van der Waals surface area contributed by atoms with Crippen LogP contribution in [0.25, 0.3) is 6.08 Å². The third-order valence-electron chi connectivity index (χ3n) is 3.32. The number of amides is 1. The molecule has 0 aliphatic rings. The second kappa shape index (κ2) is 6.85. The predicted molar refractivity (Wildman–Crippen MR) is 89.6 cm³/mol. The highest BCUT2D eigenvalue weighted by Gasteiger charge is 2.14. The summed E-state index contributed by atoms with van der Waals surface area (Å²) in [5, 5.41) is 2.75. The average molecular weight is 293 g/mol. The van der Waals surface area contributed by atoms with E-state index in [0.717, 1.165) is 16.7 Å². The Bertz CT molecular complexity index is 710. The number of ketones is 1. The van der Waals surface area contributed by atoms with Crippen LogP contribution in [0.3, 0.4) is 0 Å². The molecule has 2 aromatic rings. The quantitative estimate of drug-likeness (QED) is 0.527. The molecule has 112 valence electrons. The van der Waals surface area contributed by atoms with Crippen LogP contribution in [0.4, 0.5) is 5.69 Å². The second-order valence-corrected chi connectivity index (χ2v) is 5.35. The molecule has 0 heterocycles. The van der Waals surface area contributed by atoms with Gasteiger partial charge in [-0.15, -0.1) is 0 Å². The molecule has 0 spiro atoms. The molecule has 1 N–H and O–H groups in total. The van der Waals surface area contributed by atoms with E-state index in [9.17, 15) is 9.59 Å². The fraction of sp³-hybridized carbons (Fsp3) is 0.158. The molecule has 0 saturated carbocycles. The summed E-state index contributed by atoms with van der Waals surface area (Å²) >= 11 is 0. The highest BCUT2D eigenvalue weighted by atomic mass is 16.2. The van der Waals surface area contributed by atoms with Crippen molar-refractivity contribution < 1.29 is 9.59 Å². The van der Waals surface area contributed by atoms with Crippen LogP contribution in [0.2, 0.25) is 0 Å². The van der Waals surface area contributed by atoms with Gasteiger partial charge in [-0.2, -0.15) is 0 Å². The molecule has 0 atom stereocenters. The third-order valence-corrected chi connectivity index (χ3v) is 3.32. The van der Waals surface area contributed by atoms with Crippen LogP contribution in [-0.4, -0.2) is 11.7 Å². The first kappa shape index (κ1) is 15.7. The van der Waals surface area contributed by atoms with E-state index in [-0.39, 0.29) is 11.4 Å². The molecule has 0 aromatic heterocycles. The SMILES string of the molecule is CC(=O)C(=Cc1ccc(C)cc1)C(=O)Nc1ccc(C)cc1. The van der Waals surface area contributed by atoms with Crippen LogP contribution in [-0.2, 0) is 9.59 Å². The van der Waals surface area contributed by atoms with Gasteiger partial charge in [-0.05, 0) is 44.5 Å². The van der Waals surface area contributed by atoms with Gasteiger partial charge in [-0.25, -0.2) is 0 Å². The number of nitrogens with one attached hydrogen (secondary N) is 1. The summed E-state index contributed by atoms with van der Waals surface area (Å²) in [6.07, 6.45) is 1.62. The number of aryl methyl sites for hydroxylation is 2. The Hall–Kier alpha value is -2.68. The maximum Gasteiger partial charge on any atom is 0.259 e. The lowest BCUT2D eigenvalue weighted by Crippen LogP contribution is -2.18. The molecule has 0 bridgehead atoms. The van der Waals surface area contributed by atoms with Crippen LogP contribution >= 0.6 is 0 Å². The van der Waals surface area contributed by atoms with Crippen molar-refractivity contribution in [3.63, 3.8) is 0 Å². The van der Waals surface area contributed by atoms with Crippen molar-refractivity contribution in [2.75, 3.05) is 5.32 Å². The van der Waals surface area contributed by atoms with Gasteiger partial charge in [0.1, 0.15) is 0 Å². The Morgan fingerprint density at radius 3 is 1.86 bits per heavy atom. The summed E-state index contributed by atoms with van der Waals surface area (Å²) in [5.74, 6) is -0.651. The molecule has 0 saturated heterocycles. The number of benzene rings is 2. The van der Waals surface area contributed by atoms with E-state index < -0.39 is 5.91 Å². The standard InChI is InChI=1S/C19H19NO2/c1-13-4-8-16(9-5-13)12-18(15(3)21)19(22)20-17-10-6-14(2)7-11-17/h4-12H,1-3H3,(H,20,22). The van der Waals surface area contributed by atoms with Crippen molar-refractivity contribution in [2.24, 2.45) is 0 Å². The van der Waals surface area contributed by atoms with Gasteiger partial charge in [0.05, 0.1) is 5.57 Å². The van der Waals surface area contributed by atoms with E-state index in [0.29, 0.717) is 5.69 Å². The van der Waals surface area contributed by atoms with E-state index in [1.165, 1.54) is 6.92 Å². The van der Waals surface area contributed by atoms with Crippen LogP contribution in [0.1, 0.15) is 23.6 Å².